The van der Waals surface area contributed by atoms with Gasteiger partial charge < -0.3 is 10.1 Å². The molecule has 1 heterocycles. The Morgan fingerprint density at radius 3 is 2.33 bits per heavy atom. The number of aromatic amines is 2. The lowest BCUT2D eigenvalue weighted by Crippen LogP contribution is -2.22. The first-order valence-electron chi connectivity index (χ1n) is 7.16. The van der Waals surface area contributed by atoms with Crippen molar-refractivity contribution in [3.63, 3.8) is 0 Å². The molecule has 0 radical (unpaired) electrons. The molecule has 1 aromatic heterocycles. The Labute approximate surface area is 142 Å². The van der Waals surface area contributed by atoms with E-state index < -0.39 is 11.2 Å². The van der Waals surface area contributed by atoms with Crippen LogP contribution in [0, 0.1) is 0 Å². The Hall–Kier alpha value is -2.99. The summed E-state index contributed by atoms with van der Waals surface area (Å²) in [5, 5.41) is 3.63. The zero-order valence-corrected chi connectivity index (χ0v) is 13.3. The molecule has 0 spiro atoms. The second-order valence-corrected chi connectivity index (χ2v) is 5.50. The molecule has 0 aliphatic carbocycles. The molecule has 0 atom stereocenters. The Kier molecular flexibility index (Phi) is 4.67. The Balaban J connectivity index is 1.63. The molecule has 0 amide bonds. The van der Waals surface area contributed by atoms with E-state index >= 15 is 0 Å². The van der Waals surface area contributed by atoms with E-state index in [1.165, 1.54) is 6.07 Å². The highest BCUT2D eigenvalue weighted by molar-refractivity contribution is 6.30. The van der Waals surface area contributed by atoms with Crippen LogP contribution >= 0.6 is 11.6 Å². The number of hydrogen-bond donors (Lipinski definition) is 3. The van der Waals surface area contributed by atoms with E-state index in [1.54, 1.807) is 24.3 Å². The number of benzene rings is 2. The summed E-state index contributed by atoms with van der Waals surface area (Å²) < 4.78 is 5.69. The van der Waals surface area contributed by atoms with E-state index in [9.17, 15) is 9.59 Å². The van der Waals surface area contributed by atoms with Gasteiger partial charge in [0, 0.05) is 16.8 Å². The lowest BCUT2D eigenvalue weighted by molar-refractivity contribution is 0.306. The van der Waals surface area contributed by atoms with E-state index in [0.717, 1.165) is 11.3 Å². The lowest BCUT2D eigenvalue weighted by Gasteiger charge is -2.09. The van der Waals surface area contributed by atoms with Gasteiger partial charge in [-0.15, -0.1) is 0 Å². The van der Waals surface area contributed by atoms with Crippen LogP contribution in [0.4, 0.5) is 11.5 Å². The van der Waals surface area contributed by atoms with Gasteiger partial charge in [0.1, 0.15) is 18.2 Å². The lowest BCUT2D eigenvalue weighted by atomic mass is 10.2. The summed E-state index contributed by atoms with van der Waals surface area (Å²) in [5.41, 5.74) is 0.704. The van der Waals surface area contributed by atoms with Crippen molar-refractivity contribution >= 4 is 23.1 Å². The third kappa shape index (κ3) is 4.27. The number of aromatic nitrogens is 2. The van der Waals surface area contributed by atoms with Gasteiger partial charge in [-0.1, -0.05) is 23.7 Å². The first-order chi connectivity index (χ1) is 11.6. The summed E-state index contributed by atoms with van der Waals surface area (Å²) in [6, 6.07) is 15.9. The van der Waals surface area contributed by atoms with Crippen molar-refractivity contribution in [2.45, 2.75) is 6.61 Å². The largest absolute Gasteiger partial charge is 0.489 e. The van der Waals surface area contributed by atoms with E-state index in [4.69, 9.17) is 16.3 Å². The maximum absolute atomic E-state index is 11.3. The molecule has 0 fully saturated rings. The maximum Gasteiger partial charge on any atom is 0.327 e. The summed E-state index contributed by atoms with van der Waals surface area (Å²) in [4.78, 5) is 27.1. The molecule has 3 aromatic rings. The van der Waals surface area contributed by atoms with Crippen LogP contribution in [-0.2, 0) is 6.61 Å². The monoisotopic (exact) mass is 343 g/mol. The van der Waals surface area contributed by atoms with E-state index in [-0.39, 0.29) is 0 Å². The van der Waals surface area contributed by atoms with Crippen molar-refractivity contribution in [1.82, 2.24) is 9.97 Å². The first-order valence-corrected chi connectivity index (χ1v) is 7.54. The van der Waals surface area contributed by atoms with Crippen molar-refractivity contribution in [3.8, 4) is 5.75 Å². The van der Waals surface area contributed by atoms with Gasteiger partial charge in [0.25, 0.3) is 5.56 Å². The number of rotatable bonds is 5. The van der Waals surface area contributed by atoms with Crippen molar-refractivity contribution in [1.29, 1.82) is 0 Å². The number of anilines is 2. The van der Waals surface area contributed by atoms with Gasteiger partial charge in [-0.3, -0.25) is 14.8 Å². The van der Waals surface area contributed by atoms with Crippen LogP contribution in [-0.4, -0.2) is 9.97 Å². The number of nitrogens with one attached hydrogen (secondary N) is 3. The molecule has 0 bridgehead atoms. The predicted octanol–water partition coefficient (Wildman–Crippen LogP) is 3.04. The Morgan fingerprint density at radius 1 is 0.958 bits per heavy atom. The quantitative estimate of drug-likeness (QED) is 0.664. The van der Waals surface area contributed by atoms with Crippen LogP contribution in [0.25, 0.3) is 0 Å². The molecule has 3 N–H and O–H groups in total. The highest BCUT2D eigenvalue weighted by Crippen LogP contribution is 2.19. The average Bonchev–Trinajstić information content (AvgIpc) is 2.55. The second-order valence-electron chi connectivity index (χ2n) is 5.07. The molecule has 24 heavy (non-hydrogen) atoms. The molecular formula is C17H14ClN3O3. The zero-order valence-electron chi connectivity index (χ0n) is 12.5. The van der Waals surface area contributed by atoms with Crippen LogP contribution in [0.3, 0.4) is 0 Å². The zero-order chi connectivity index (χ0) is 16.9. The van der Waals surface area contributed by atoms with Gasteiger partial charge in [0.2, 0.25) is 0 Å². The number of hydrogen-bond acceptors (Lipinski definition) is 4. The third-order valence-electron chi connectivity index (χ3n) is 3.21. The summed E-state index contributed by atoms with van der Waals surface area (Å²) >= 11 is 5.84. The van der Waals surface area contributed by atoms with Crippen molar-refractivity contribution in [3.05, 3.63) is 86.0 Å². The van der Waals surface area contributed by atoms with Crippen molar-refractivity contribution in [2.75, 3.05) is 5.32 Å². The molecule has 2 aromatic carbocycles. The normalized spacial score (nSPS) is 10.4. The van der Waals surface area contributed by atoms with Gasteiger partial charge in [-0.25, -0.2) is 4.79 Å². The maximum atomic E-state index is 11.3. The third-order valence-corrected chi connectivity index (χ3v) is 3.46. The number of ether oxygens (including phenoxy) is 1. The fourth-order valence-electron chi connectivity index (χ4n) is 2.07. The minimum absolute atomic E-state index is 0.318. The average molecular weight is 344 g/mol. The van der Waals surface area contributed by atoms with Gasteiger partial charge >= 0.3 is 5.69 Å². The molecule has 122 valence electrons. The molecule has 0 aliphatic heterocycles. The van der Waals surface area contributed by atoms with Crippen molar-refractivity contribution in [2.24, 2.45) is 0 Å². The first kappa shape index (κ1) is 15.9. The standard InChI is InChI=1S/C17H14ClN3O3/c18-12-3-1-11(2-4-12)10-24-14-7-5-13(6-8-14)19-15-9-16(22)21-17(23)20-15/h1-9H,10H2,(H3,19,20,21,22,23). The van der Waals surface area contributed by atoms with Crippen LogP contribution < -0.4 is 21.3 Å². The van der Waals surface area contributed by atoms with E-state index in [0.29, 0.717) is 23.2 Å². The van der Waals surface area contributed by atoms with Crippen molar-refractivity contribution < 1.29 is 4.74 Å². The van der Waals surface area contributed by atoms with E-state index in [1.807, 2.05) is 24.3 Å². The fraction of sp³-hybridized carbons (Fsp3) is 0.0588. The SMILES string of the molecule is O=c1cc(Nc2ccc(OCc3ccc(Cl)cc3)cc2)[nH]c(=O)[nH]1. The van der Waals surface area contributed by atoms with Gasteiger partial charge in [0.15, 0.2) is 0 Å². The van der Waals surface area contributed by atoms with Gasteiger partial charge in [0.05, 0.1) is 0 Å². The second kappa shape index (κ2) is 7.06. The molecule has 0 aliphatic rings. The van der Waals surface area contributed by atoms with Crippen LogP contribution in [0.1, 0.15) is 5.56 Å². The van der Waals surface area contributed by atoms with Crippen LogP contribution in [0.5, 0.6) is 5.75 Å². The molecule has 0 unspecified atom stereocenters. The highest BCUT2D eigenvalue weighted by atomic mass is 35.5. The smallest absolute Gasteiger partial charge is 0.327 e. The molecule has 0 saturated heterocycles. The molecule has 0 saturated carbocycles. The number of halogens is 1. The topological polar surface area (TPSA) is 87.0 Å². The minimum atomic E-state index is -0.562. The minimum Gasteiger partial charge on any atom is -0.489 e. The van der Waals surface area contributed by atoms with Crippen LogP contribution in [0.15, 0.2) is 64.2 Å². The molecular weight excluding hydrogens is 330 g/mol. The summed E-state index contributed by atoms with van der Waals surface area (Å²) in [5.74, 6) is 1.02. The summed E-state index contributed by atoms with van der Waals surface area (Å²) in [6.07, 6.45) is 0. The van der Waals surface area contributed by atoms with E-state index in [2.05, 4.69) is 15.3 Å². The predicted molar refractivity (Wildman–Crippen MR) is 93.2 cm³/mol. The summed E-state index contributed by atoms with van der Waals surface area (Å²) in [7, 11) is 0. The van der Waals surface area contributed by atoms with Gasteiger partial charge in [-0.05, 0) is 42.0 Å². The highest BCUT2D eigenvalue weighted by Gasteiger charge is 2.00. The van der Waals surface area contributed by atoms with Gasteiger partial charge in [-0.2, -0.15) is 0 Å². The summed E-state index contributed by atoms with van der Waals surface area (Å²) in [6.45, 7) is 0.436. The van der Waals surface area contributed by atoms with Crippen LogP contribution in [0.2, 0.25) is 5.02 Å². The molecule has 7 heteroatoms. The Morgan fingerprint density at radius 2 is 1.67 bits per heavy atom. The molecule has 3 rings (SSSR count). The molecule has 6 nitrogen and oxygen atoms in total. The number of H-pyrrole nitrogens is 2. The fourth-order valence-corrected chi connectivity index (χ4v) is 2.20. The Bertz CT molecular complexity index is 903.